The van der Waals surface area contributed by atoms with E-state index in [1.807, 2.05) is 11.1 Å². The van der Waals surface area contributed by atoms with Crippen molar-refractivity contribution < 1.29 is 18.0 Å². The average molecular weight is 501 g/mol. The highest BCUT2D eigenvalue weighted by Crippen LogP contribution is 2.18. The maximum absolute atomic E-state index is 12.7. The van der Waals surface area contributed by atoms with Crippen LogP contribution < -0.4 is 11.1 Å². The van der Waals surface area contributed by atoms with Gasteiger partial charge in [0.2, 0.25) is 0 Å². The number of amidine groups is 1. The first-order chi connectivity index (χ1) is 16.1. The van der Waals surface area contributed by atoms with E-state index < -0.39 is 12.7 Å². The highest BCUT2D eigenvalue weighted by Gasteiger charge is 2.33. The maximum Gasteiger partial charge on any atom is 0.401 e. The van der Waals surface area contributed by atoms with Gasteiger partial charge >= 0.3 is 6.18 Å². The van der Waals surface area contributed by atoms with Crippen molar-refractivity contribution in [2.45, 2.75) is 6.18 Å². The minimum absolute atomic E-state index is 0.0267. The summed E-state index contributed by atoms with van der Waals surface area (Å²) in [5.74, 6) is 0.717. The number of hydrogen-bond donors (Lipinski definition) is 2. The number of carbonyl (C=O) groups is 1. The minimum atomic E-state index is -4.24. The average Bonchev–Trinajstić information content (AvgIpc) is 2.79. The van der Waals surface area contributed by atoms with Crippen LogP contribution in [0, 0.1) is 11.3 Å². The fourth-order valence-corrected chi connectivity index (χ4v) is 3.04. The first-order valence-corrected chi connectivity index (χ1v) is 10.5. The van der Waals surface area contributed by atoms with Gasteiger partial charge in [-0.15, -0.1) is 0 Å². The van der Waals surface area contributed by atoms with E-state index in [1.54, 1.807) is 24.2 Å². The van der Waals surface area contributed by atoms with Crippen molar-refractivity contribution in [1.82, 2.24) is 20.2 Å². The SMILES string of the molecule is C=N/C(NCC(=N/C=C/C=C\C(Cl)=C\C=O)N(C)N1CCN(CC(F)(F)F)CC1)=C(/C#N)CN. The number of allylic oxidation sites excluding steroid dienone is 5. The lowest BCUT2D eigenvalue weighted by Crippen LogP contribution is -2.56. The highest BCUT2D eigenvalue weighted by atomic mass is 35.5. The second kappa shape index (κ2) is 15.0. The minimum Gasteiger partial charge on any atom is -0.362 e. The van der Waals surface area contributed by atoms with Crippen LogP contribution in [0.5, 0.6) is 0 Å². The summed E-state index contributed by atoms with van der Waals surface area (Å²) in [6, 6.07) is 1.95. The van der Waals surface area contributed by atoms with E-state index in [-0.39, 0.29) is 42.6 Å². The first-order valence-electron chi connectivity index (χ1n) is 10.2. The predicted octanol–water partition coefficient (Wildman–Crippen LogP) is 1.79. The lowest BCUT2D eigenvalue weighted by atomic mass is 10.3. The predicted molar refractivity (Wildman–Crippen MR) is 127 cm³/mol. The molecule has 0 radical (unpaired) electrons. The molecule has 0 aromatic heterocycles. The zero-order valence-corrected chi connectivity index (χ0v) is 19.6. The molecule has 9 nitrogen and oxygen atoms in total. The summed E-state index contributed by atoms with van der Waals surface area (Å²) < 4.78 is 38.0. The van der Waals surface area contributed by atoms with Crippen LogP contribution in [-0.2, 0) is 4.79 Å². The standard InChI is InChI=1S/C21H28ClF3N8O/c1-28-20(17(13-26)14-27)30-15-19(29-7-4-3-5-18(22)6-12-34)31(2)33-10-8-32(9-11-33)16-21(23,24)25/h3-7,12,30H,1,8-11,13,15-16,26H2,2H3/b5-3-,7-4+,18-6-,20-17-,29-19?. The third-order valence-corrected chi connectivity index (χ3v) is 4.90. The third-order valence-electron chi connectivity index (χ3n) is 4.65. The topological polar surface area (TPSA) is 113 Å². The molecule has 0 aromatic carbocycles. The van der Waals surface area contributed by atoms with Crippen LogP contribution in [0.25, 0.3) is 0 Å². The molecule has 0 saturated carbocycles. The van der Waals surface area contributed by atoms with Gasteiger partial charge in [0.05, 0.1) is 24.7 Å². The largest absolute Gasteiger partial charge is 0.401 e. The van der Waals surface area contributed by atoms with Gasteiger partial charge in [-0.25, -0.2) is 15.0 Å². The molecule has 0 spiro atoms. The lowest BCUT2D eigenvalue weighted by molar-refractivity contribution is -0.152. The smallest absolute Gasteiger partial charge is 0.362 e. The number of rotatable bonds is 11. The second-order valence-electron chi connectivity index (χ2n) is 6.96. The van der Waals surface area contributed by atoms with Gasteiger partial charge in [-0.05, 0) is 24.9 Å². The number of carbonyl (C=O) groups excluding carboxylic acids is 1. The van der Waals surface area contributed by atoms with Gasteiger partial charge in [0, 0.05) is 51.0 Å². The number of hydrogen-bond acceptors (Lipinski definition) is 8. The number of aldehydes is 1. The van der Waals surface area contributed by atoms with E-state index in [0.29, 0.717) is 25.2 Å². The van der Waals surface area contributed by atoms with Crippen LogP contribution in [-0.4, -0.2) is 92.8 Å². The number of piperazine rings is 1. The Bertz CT molecular complexity index is 881. The molecule has 1 fully saturated rings. The van der Waals surface area contributed by atoms with Crippen molar-refractivity contribution in [1.29, 1.82) is 5.26 Å². The summed E-state index contributed by atoms with van der Waals surface area (Å²) >= 11 is 5.80. The Morgan fingerprint density at radius 3 is 2.53 bits per heavy atom. The molecule has 186 valence electrons. The Morgan fingerprint density at radius 1 is 1.32 bits per heavy atom. The molecular formula is C21H28ClF3N8O. The summed E-state index contributed by atoms with van der Waals surface area (Å²) in [7, 11) is 1.74. The number of aliphatic imine (C=N–C) groups is 2. The number of alkyl halides is 3. The molecule has 1 aliphatic rings. The molecule has 0 unspecified atom stereocenters. The third kappa shape index (κ3) is 10.8. The molecular weight excluding hydrogens is 473 g/mol. The van der Waals surface area contributed by atoms with Crippen LogP contribution in [0.2, 0.25) is 0 Å². The van der Waals surface area contributed by atoms with Crippen LogP contribution in [0.3, 0.4) is 0 Å². The Labute approximate surface area is 202 Å². The summed E-state index contributed by atoms with van der Waals surface area (Å²) in [5, 5.41) is 16.0. The van der Waals surface area contributed by atoms with E-state index in [0.717, 1.165) is 0 Å². The van der Waals surface area contributed by atoms with E-state index >= 15 is 0 Å². The van der Waals surface area contributed by atoms with Gasteiger partial charge < -0.3 is 11.1 Å². The molecule has 3 N–H and O–H groups in total. The quantitative estimate of drug-likeness (QED) is 0.111. The monoisotopic (exact) mass is 500 g/mol. The van der Waals surface area contributed by atoms with Gasteiger partial charge in [0.25, 0.3) is 0 Å². The Balaban J connectivity index is 2.99. The molecule has 0 amide bonds. The number of nitrogens with one attached hydrogen (secondary N) is 1. The molecule has 0 aromatic rings. The number of hydrazine groups is 1. The van der Waals surface area contributed by atoms with Gasteiger partial charge in [0.15, 0.2) is 0 Å². The highest BCUT2D eigenvalue weighted by molar-refractivity contribution is 6.32. The Kier molecular flexibility index (Phi) is 12.8. The molecule has 1 saturated heterocycles. The summed E-state index contributed by atoms with van der Waals surface area (Å²) in [5.41, 5.74) is 5.78. The fourth-order valence-electron chi connectivity index (χ4n) is 2.92. The van der Waals surface area contributed by atoms with E-state index in [2.05, 4.69) is 22.0 Å². The first kappa shape index (κ1) is 29.1. The molecule has 1 aliphatic heterocycles. The summed E-state index contributed by atoms with van der Waals surface area (Å²) in [6.45, 7) is 3.84. The number of halogens is 4. The maximum atomic E-state index is 12.7. The number of nitrogens with zero attached hydrogens (tertiary/aromatic N) is 6. The van der Waals surface area contributed by atoms with Crippen LogP contribution in [0.4, 0.5) is 13.2 Å². The van der Waals surface area contributed by atoms with Gasteiger partial charge in [0.1, 0.15) is 17.9 Å². The second-order valence-corrected chi connectivity index (χ2v) is 7.39. The van der Waals surface area contributed by atoms with Gasteiger partial charge in [-0.3, -0.25) is 14.7 Å². The van der Waals surface area contributed by atoms with Crippen LogP contribution in [0.1, 0.15) is 0 Å². The van der Waals surface area contributed by atoms with Crippen molar-refractivity contribution in [3.8, 4) is 6.07 Å². The van der Waals surface area contributed by atoms with E-state index in [4.69, 9.17) is 17.3 Å². The van der Waals surface area contributed by atoms with Crippen molar-refractivity contribution in [3.63, 3.8) is 0 Å². The fraction of sp³-hybridized carbons (Fsp3) is 0.429. The molecule has 13 heteroatoms. The van der Waals surface area contributed by atoms with Crippen molar-refractivity contribution >= 4 is 30.4 Å². The number of nitrogens with two attached hydrogens (primary N) is 1. The molecule has 0 bridgehead atoms. The zero-order valence-electron chi connectivity index (χ0n) is 18.8. The molecule has 34 heavy (non-hydrogen) atoms. The van der Waals surface area contributed by atoms with Crippen LogP contribution >= 0.6 is 11.6 Å². The Hall–Kier alpha value is -2.98. The summed E-state index contributed by atoms with van der Waals surface area (Å²) in [6.07, 6.45) is 3.70. The number of nitriles is 1. The molecule has 0 aliphatic carbocycles. The van der Waals surface area contributed by atoms with Crippen molar-refractivity contribution in [2.24, 2.45) is 15.7 Å². The van der Waals surface area contributed by atoms with Gasteiger partial charge in [-0.2, -0.15) is 18.4 Å². The number of likely N-dealkylation sites (N-methyl/N-ethyl adjacent to an activating group) is 1. The molecule has 0 atom stereocenters. The van der Waals surface area contributed by atoms with Crippen molar-refractivity contribution in [3.05, 3.63) is 46.9 Å². The van der Waals surface area contributed by atoms with E-state index in [1.165, 1.54) is 23.3 Å². The Morgan fingerprint density at radius 2 is 2.00 bits per heavy atom. The normalized spacial score (nSPS) is 17.6. The molecule has 1 heterocycles. The summed E-state index contributed by atoms with van der Waals surface area (Å²) in [4.78, 5) is 20.0. The van der Waals surface area contributed by atoms with Crippen molar-refractivity contribution in [2.75, 3.05) is 52.9 Å². The van der Waals surface area contributed by atoms with Gasteiger partial charge in [-0.1, -0.05) is 17.7 Å². The lowest BCUT2D eigenvalue weighted by Gasteiger charge is -2.40. The van der Waals surface area contributed by atoms with E-state index in [9.17, 15) is 23.2 Å². The molecule has 1 rings (SSSR count). The van der Waals surface area contributed by atoms with Crippen LogP contribution in [0.15, 0.2) is 56.9 Å². The zero-order chi connectivity index (χ0) is 25.6.